The van der Waals surface area contributed by atoms with Crippen molar-refractivity contribution in [1.82, 2.24) is 14.8 Å². The second-order valence-electron chi connectivity index (χ2n) is 4.16. The predicted octanol–water partition coefficient (Wildman–Crippen LogP) is 2.05. The summed E-state index contributed by atoms with van der Waals surface area (Å²) >= 11 is 5.77. The van der Waals surface area contributed by atoms with Gasteiger partial charge < -0.3 is 0 Å². The first kappa shape index (κ1) is 14.7. The minimum Gasteiger partial charge on any atom is -0.276 e. The quantitative estimate of drug-likeness (QED) is 0.844. The summed E-state index contributed by atoms with van der Waals surface area (Å²) in [7, 11) is -3.73. The maximum absolute atomic E-state index is 12.0. The van der Waals surface area contributed by atoms with Crippen LogP contribution >= 0.6 is 11.6 Å². The van der Waals surface area contributed by atoms with E-state index in [1.165, 1.54) is 12.1 Å². The van der Waals surface area contributed by atoms with E-state index in [1.54, 1.807) is 32.0 Å². The number of hydrazine groups is 1. The summed E-state index contributed by atoms with van der Waals surface area (Å²) in [5.41, 5.74) is 3.96. The van der Waals surface area contributed by atoms with Crippen LogP contribution in [0.2, 0.25) is 5.02 Å². The van der Waals surface area contributed by atoms with E-state index in [0.717, 1.165) is 11.4 Å². The Morgan fingerprint density at radius 2 is 1.75 bits per heavy atom. The highest BCUT2D eigenvalue weighted by molar-refractivity contribution is 7.89. The van der Waals surface area contributed by atoms with Crippen LogP contribution in [0.15, 0.2) is 35.2 Å². The SMILES string of the molecule is Cc1cc(C)nc(NNS(=O)(=O)c2cccc(Cl)c2)n1. The molecule has 0 aliphatic carbocycles. The molecule has 2 aromatic rings. The molecule has 1 heterocycles. The molecule has 2 rings (SSSR count). The van der Waals surface area contributed by atoms with Crippen LogP contribution < -0.4 is 10.3 Å². The second kappa shape index (κ2) is 5.74. The van der Waals surface area contributed by atoms with Crippen molar-refractivity contribution in [2.24, 2.45) is 0 Å². The van der Waals surface area contributed by atoms with Gasteiger partial charge in [0.1, 0.15) is 0 Å². The van der Waals surface area contributed by atoms with Crippen molar-refractivity contribution in [3.05, 3.63) is 46.7 Å². The predicted molar refractivity (Wildman–Crippen MR) is 76.9 cm³/mol. The summed E-state index contributed by atoms with van der Waals surface area (Å²) in [5, 5.41) is 0.343. The summed E-state index contributed by atoms with van der Waals surface area (Å²) in [4.78, 5) is 10.4. The maximum Gasteiger partial charge on any atom is 0.257 e. The number of halogens is 1. The number of aryl methyl sites for hydroxylation is 2. The van der Waals surface area contributed by atoms with Gasteiger partial charge in [0.15, 0.2) is 0 Å². The van der Waals surface area contributed by atoms with E-state index in [9.17, 15) is 8.42 Å². The Kier molecular flexibility index (Phi) is 4.22. The molecule has 6 nitrogen and oxygen atoms in total. The Morgan fingerprint density at radius 3 is 2.35 bits per heavy atom. The molecule has 8 heteroatoms. The van der Waals surface area contributed by atoms with Crippen LogP contribution in [0.25, 0.3) is 0 Å². The lowest BCUT2D eigenvalue weighted by Crippen LogP contribution is -2.30. The van der Waals surface area contributed by atoms with Crippen LogP contribution in [-0.4, -0.2) is 18.4 Å². The van der Waals surface area contributed by atoms with Crippen LogP contribution in [0.3, 0.4) is 0 Å². The monoisotopic (exact) mass is 312 g/mol. The molecular weight excluding hydrogens is 300 g/mol. The van der Waals surface area contributed by atoms with Crippen LogP contribution in [0.5, 0.6) is 0 Å². The Morgan fingerprint density at radius 1 is 1.10 bits per heavy atom. The third-order valence-corrected chi connectivity index (χ3v) is 3.87. The number of rotatable bonds is 4. The summed E-state index contributed by atoms with van der Waals surface area (Å²) < 4.78 is 24.1. The van der Waals surface area contributed by atoms with E-state index < -0.39 is 10.0 Å². The standard InChI is InChI=1S/C12H13ClN4O2S/c1-8-6-9(2)15-12(14-8)16-17-20(18,19)11-5-3-4-10(13)7-11/h3-7,17H,1-2H3,(H,14,15,16). The number of nitrogens with zero attached hydrogens (tertiary/aromatic N) is 2. The van der Waals surface area contributed by atoms with Gasteiger partial charge in [-0.1, -0.05) is 17.7 Å². The van der Waals surface area contributed by atoms with Gasteiger partial charge in [0, 0.05) is 16.4 Å². The van der Waals surface area contributed by atoms with Crippen LogP contribution in [0.1, 0.15) is 11.4 Å². The zero-order valence-corrected chi connectivity index (χ0v) is 12.5. The van der Waals surface area contributed by atoms with E-state index in [2.05, 4.69) is 20.2 Å². The number of benzene rings is 1. The lowest BCUT2D eigenvalue weighted by atomic mass is 10.4. The van der Waals surface area contributed by atoms with E-state index in [-0.39, 0.29) is 10.8 Å². The molecule has 0 fully saturated rings. The molecule has 0 amide bonds. The molecule has 0 bridgehead atoms. The topological polar surface area (TPSA) is 84.0 Å². The highest BCUT2D eigenvalue weighted by atomic mass is 35.5. The van der Waals surface area contributed by atoms with Gasteiger partial charge >= 0.3 is 0 Å². The third kappa shape index (κ3) is 3.66. The fourth-order valence-corrected chi connectivity index (χ4v) is 2.73. The van der Waals surface area contributed by atoms with Crippen LogP contribution in [-0.2, 0) is 10.0 Å². The number of anilines is 1. The maximum atomic E-state index is 12.0. The number of aromatic nitrogens is 2. The first-order valence-electron chi connectivity index (χ1n) is 5.72. The van der Waals surface area contributed by atoms with Crippen molar-refractivity contribution in [3.63, 3.8) is 0 Å². The Hall–Kier alpha value is -1.70. The fourth-order valence-electron chi connectivity index (χ4n) is 1.59. The summed E-state index contributed by atoms with van der Waals surface area (Å²) in [6.07, 6.45) is 0. The van der Waals surface area contributed by atoms with Crippen molar-refractivity contribution < 1.29 is 8.42 Å². The zero-order chi connectivity index (χ0) is 14.8. The van der Waals surface area contributed by atoms with Gasteiger partial charge in [-0.3, -0.25) is 5.43 Å². The molecule has 106 valence electrons. The molecule has 0 saturated carbocycles. The molecule has 0 saturated heterocycles. The van der Waals surface area contributed by atoms with E-state index >= 15 is 0 Å². The molecule has 0 radical (unpaired) electrons. The molecule has 2 N–H and O–H groups in total. The highest BCUT2D eigenvalue weighted by Gasteiger charge is 2.14. The second-order valence-corrected chi connectivity index (χ2v) is 6.28. The molecule has 0 atom stereocenters. The van der Waals surface area contributed by atoms with Crippen LogP contribution in [0, 0.1) is 13.8 Å². The fraction of sp³-hybridized carbons (Fsp3) is 0.167. The number of nitrogens with one attached hydrogen (secondary N) is 2. The molecule has 1 aromatic carbocycles. The number of hydrogen-bond acceptors (Lipinski definition) is 5. The molecule has 20 heavy (non-hydrogen) atoms. The van der Waals surface area contributed by atoms with Crippen LogP contribution in [0.4, 0.5) is 5.95 Å². The average molecular weight is 313 g/mol. The number of sulfonamides is 1. The summed E-state index contributed by atoms with van der Waals surface area (Å²) in [6.45, 7) is 3.59. The largest absolute Gasteiger partial charge is 0.276 e. The Bertz CT molecular complexity index is 714. The van der Waals surface area contributed by atoms with Gasteiger partial charge in [-0.05, 0) is 38.1 Å². The average Bonchev–Trinajstić information content (AvgIpc) is 2.35. The van der Waals surface area contributed by atoms with Gasteiger partial charge in [0.25, 0.3) is 10.0 Å². The van der Waals surface area contributed by atoms with Crippen molar-refractivity contribution in [3.8, 4) is 0 Å². The summed E-state index contributed by atoms with van der Waals surface area (Å²) in [5.74, 6) is 0.188. The normalized spacial score (nSPS) is 11.3. The summed E-state index contributed by atoms with van der Waals surface area (Å²) in [6, 6.07) is 7.74. The van der Waals surface area contributed by atoms with Gasteiger partial charge in [0.05, 0.1) is 4.90 Å². The van der Waals surface area contributed by atoms with Gasteiger partial charge in [0.2, 0.25) is 5.95 Å². The Balaban J connectivity index is 2.17. The third-order valence-electron chi connectivity index (χ3n) is 2.39. The van der Waals surface area contributed by atoms with Crippen molar-refractivity contribution in [2.45, 2.75) is 18.7 Å². The van der Waals surface area contributed by atoms with Gasteiger partial charge in [-0.15, -0.1) is 4.83 Å². The van der Waals surface area contributed by atoms with E-state index in [4.69, 9.17) is 11.6 Å². The highest BCUT2D eigenvalue weighted by Crippen LogP contribution is 2.15. The molecule has 0 aliphatic heterocycles. The van der Waals surface area contributed by atoms with E-state index in [0.29, 0.717) is 5.02 Å². The Labute approximate surface area is 122 Å². The smallest absolute Gasteiger partial charge is 0.257 e. The first-order valence-corrected chi connectivity index (χ1v) is 7.58. The minimum absolute atomic E-state index is 0.0573. The molecule has 1 aromatic heterocycles. The van der Waals surface area contributed by atoms with Crippen molar-refractivity contribution in [2.75, 3.05) is 5.43 Å². The van der Waals surface area contributed by atoms with E-state index in [1.807, 2.05) is 0 Å². The lowest BCUT2D eigenvalue weighted by Gasteiger charge is -2.09. The van der Waals surface area contributed by atoms with Gasteiger partial charge in [-0.25, -0.2) is 18.4 Å². The van der Waals surface area contributed by atoms with Gasteiger partial charge in [-0.2, -0.15) is 0 Å². The number of hydrogen-bond donors (Lipinski definition) is 2. The molecule has 0 spiro atoms. The molecule has 0 unspecified atom stereocenters. The zero-order valence-electron chi connectivity index (χ0n) is 10.9. The minimum atomic E-state index is -3.73. The lowest BCUT2D eigenvalue weighted by molar-refractivity contribution is 0.587. The molecular formula is C12H13ClN4O2S. The first-order chi connectivity index (χ1) is 9.37. The molecule has 0 aliphatic rings. The van der Waals surface area contributed by atoms with Crippen molar-refractivity contribution >= 4 is 27.6 Å². The van der Waals surface area contributed by atoms with Crippen molar-refractivity contribution in [1.29, 1.82) is 0 Å².